The van der Waals surface area contributed by atoms with Gasteiger partial charge in [0.25, 0.3) is 6.71 Å². The zero-order chi connectivity index (χ0) is 25.1. The van der Waals surface area contributed by atoms with Gasteiger partial charge in [0.1, 0.15) is 0 Å². The average Bonchev–Trinajstić information content (AvgIpc) is 2.93. The molecule has 160 valence electrons. The van der Waals surface area contributed by atoms with Crippen LogP contribution in [-0.2, 0) is 0 Å². The fourth-order valence-corrected chi connectivity index (χ4v) is 5.61. The van der Waals surface area contributed by atoms with Gasteiger partial charge >= 0.3 is 0 Å². The monoisotopic (exact) mass is 437 g/mol. The van der Waals surface area contributed by atoms with Gasteiger partial charge in [-0.15, -0.1) is 0 Å². The molecule has 0 atom stereocenters. The summed E-state index contributed by atoms with van der Waals surface area (Å²) in [6.07, 6.45) is 0. The highest BCUT2D eigenvalue weighted by Crippen LogP contribution is 2.43. The van der Waals surface area contributed by atoms with Gasteiger partial charge in [0.2, 0.25) is 0 Å². The summed E-state index contributed by atoms with van der Waals surface area (Å²) in [6.45, 7) is -2.26. The fraction of sp³-hybridized carbons (Fsp3) is 0.0323. The molecule has 0 saturated carbocycles. The van der Waals surface area contributed by atoms with Crippen LogP contribution in [0.3, 0.4) is 0 Å². The van der Waals surface area contributed by atoms with Crippen molar-refractivity contribution < 1.29 is 4.11 Å². The summed E-state index contributed by atoms with van der Waals surface area (Å²) in [5.41, 5.74) is 9.85. The molecule has 3 heteroatoms. The molecule has 2 heterocycles. The van der Waals surface area contributed by atoms with E-state index in [-0.39, 0.29) is 6.71 Å². The molecule has 0 aromatic heterocycles. The highest BCUT2D eigenvalue weighted by atomic mass is 15.2. The lowest BCUT2D eigenvalue weighted by atomic mass is 9.33. The molecule has 2 aliphatic rings. The molecule has 0 N–H and O–H groups in total. The van der Waals surface area contributed by atoms with Crippen LogP contribution in [0.5, 0.6) is 0 Å². The number of benzene rings is 5. The molecular formula is C31H23BN2. The van der Waals surface area contributed by atoms with Crippen molar-refractivity contribution in [1.82, 2.24) is 0 Å². The molecule has 0 bridgehead atoms. The first-order valence-corrected chi connectivity index (χ1v) is 11.6. The van der Waals surface area contributed by atoms with Crippen molar-refractivity contribution in [3.63, 3.8) is 0 Å². The summed E-state index contributed by atoms with van der Waals surface area (Å²) in [7, 11) is 0. The summed E-state index contributed by atoms with van der Waals surface area (Å²) < 4.78 is 25.1. The minimum atomic E-state index is -2.25. The molecule has 5 aromatic rings. The van der Waals surface area contributed by atoms with Gasteiger partial charge in [0, 0.05) is 38.2 Å². The summed E-state index contributed by atoms with van der Waals surface area (Å²) >= 11 is 0. The second kappa shape index (κ2) is 7.39. The predicted octanol–water partition coefficient (Wildman–Crippen LogP) is 6.08. The molecule has 2 aliphatic heterocycles. The zero-order valence-electron chi connectivity index (χ0n) is 21.5. The standard InChI is InChI=1S/C31H23BN2/c1-22-20-29-31-30(21-22)34(24-14-6-3-7-15-24)28-19-11-9-17-26(28)32(31)25-16-8-10-18-27(25)33(29)23-12-4-2-5-13-23/h2-21H,1H3/i1D3. The van der Waals surface area contributed by atoms with Gasteiger partial charge in [-0.2, -0.15) is 0 Å². The Labute approximate surface area is 205 Å². The first-order valence-electron chi connectivity index (χ1n) is 13.1. The second-order valence-corrected chi connectivity index (χ2v) is 8.82. The molecule has 0 saturated heterocycles. The van der Waals surface area contributed by atoms with Gasteiger partial charge in [0.05, 0.1) is 0 Å². The third-order valence-corrected chi connectivity index (χ3v) is 6.91. The lowest BCUT2D eigenvalue weighted by Crippen LogP contribution is -2.61. The van der Waals surface area contributed by atoms with Crippen LogP contribution in [0.2, 0.25) is 0 Å². The van der Waals surface area contributed by atoms with Crippen molar-refractivity contribution in [3.05, 3.63) is 127 Å². The quantitative estimate of drug-likeness (QED) is 0.303. The minimum Gasteiger partial charge on any atom is -0.311 e. The highest BCUT2D eigenvalue weighted by Gasteiger charge is 2.42. The van der Waals surface area contributed by atoms with Gasteiger partial charge < -0.3 is 9.80 Å². The molecule has 0 radical (unpaired) electrons. The Hall–Kier alpha value is -4.24. The summed E-state index contributed by atoms with van der Waals surface area (Å²) in [5, 5.41) is 0. The highest BCUT2D eigenvalue weighted by molar-refractivity contribution is 7.00. The summed E-state index contributed by atoms with van der Waals surface area (Å²) in [5.74, 6) is 0. The lowest BCUT2D eigenvalue weighted by molar-refractivity contribution is 1.24. The maximum Gasteiger partial charge on any atom is 0.252 e. The van der Waals surface area contributed by atoms with Gasteiger partial charge in [-0.3, -0.25) is 0 Å². The topological polar surface area (TPSA) is 6.48 Å². The van der Waals surface area contributed by atoms with Gasteiger partial charge in [0.15, 0.2) is 0 Å². The summed E-state index contributed by atoms with van der Waals surface area (Å²) in [4.78, 5) is 4.44. The SMILES string of the molecule is [2H]C([2H])([2H])c1cc2c3c(c1)N(c1ccccc1)c1ccccc1B3c1ccccc1N2c1ccccc1. The Kier molecular flexibility index (Phi) is 3.56. The first kappa shape index (κ1) is 16.4. The van der Waals surface area contributed by atoms with Gasteiger partial charge in [-0.05, 0) is 77.3 Å². The number of aryl methyl sites for hydroxylation is 1. The van der Waals surface area contributed by atoms with E-state index >= 15 is 0 Å². The number of hydrogen-bond acceptors (Lipinski definition) is 2. The van der Waals surface area contributed by atoms with Crippen molar-refractivity contribution in [3.8, 4) is 0 Å². The van der Waals surface area contributed by atoms with Crippen molar-refractivity contribution in [2.24, 2.45) is 0 Å². The molecule has 0 unspecified atom stereocenters. The molecule has 0 aliphatic carbocycles. The van der Waals surface area contributed by atoms with E-state index in [2.05, 4.69) is 82.6 Å². The van der Waals surface area contributed by atoms with Crippen LogP contribution < -0.4 is 26.2 Å². The average molecular weight is 437 g/mol. The number of nitrogens with zero attached hydrogens (tertiary/aromatic N) is 2. The maximum absolute atomic E-state index is 8.36. The van der Waals surface area contributed by atoms with E-state index < -0.39 is 6.85 Å². The van der Waals surface area contributed by atoms with E-state index in [1.54, 1.807) is 0 Å². The van der Waals surface area contributed by atoms with E-state index in [9.17, 15) is 0 Å². The molecule has 7 rings (SSSR count). The largest absolute Gasteiger partial charge is 0.311 e. The van der Waals surface area contributed by atoms with Crippen LogP contribution in [-0.4, -0.2) is 6.71 Å². The molecule has 0 spiro atoms. The lowest BCUT2D eigenvalue weighted by Gasteiger charge is -2.44. The Balaban J connectivity index is 1.63. The molecule has 0 fully saturated rings. The summed E-state index contributed by atoms with van der Waals surface area (Å²) in [6, 6.07) is 41.2. The first-order chi connectivity index (χ1) is 18.0. The van der Waals surface area contributed by atoms with E-state index in [0.29, 0.717) is 5.56 Å². The molecule has 2 nitrogen and oxygen atoms in total. The maximum atomic E-state index is 8.36. The minimum absolute atomic E-state index is 0.0111. The van der Waals surface area contributed by atoms with E-state index in [1.165, 1.54) is 10.9 Å². The molecule has 0 amide bonds. The van der Waals surface area contributed by atoms with Crippen LogP contribution in [0.1, 0.15) is 9.68 Å². The van der Waals surface area contributed by atoms with Crippen LogP contribution in [0.25, 0.3) is 0 Å². The Morgan fingerprint density at radius 1 is 0.529 bits per heavy atom. The second-order valence-electron chi connectivity index (χ2n) is 8.82. The Bertz CT molecular complexity index is 1520. The van der Waals surface area contributed by atoms with E-state index in [0.717, 1.165) is 39.6 Å². The molecule has 5 aromatic carbocycles. The van der Waals surface area contributed by atoms with Gasteiger partial charge in [-0.25, -0.2) is 0 Å². The van der Waals surface area contributed by atoms with Crippen molar-refractivity contribution >= 4 is 57.2 Å². The third-order valence-electron chi connectivity index (χ3n) is 6.91. The number of rotatable bonds is 2. The smallest absolute Gasteiger partial charge is 0.252 e. The third kappa shape index (κ3) is 2.70. The van der Waals surface area contributed by atoms with E-state index in [4.69, 9.17) is 4.11 Å². The zero-order valence-corrected chi connectivity index (χ0v) is 18.5. The Morgan fingerprint density at radius 2 is 0.971 bits per heavy atom. The number of para-hydroxylation sites is 4. The van der Waals surface area contributed by atoms with Crippen molar-refractivity contribution in [2.45, 2.75) is 6.85 Å². The fourth-order valence-electron chi connectivity index (χ4n) is 5.61. The molecular weight excluding hydrogens is 411 g/mol. The number of fused-ring (bicyclic) bond motifs is 4. The van der Waals surface area contributed by atoms with Crippen LogP contribution in [0.15, 0.2) is 121 Å². The molecule has 34 heavy (non-hydrogen) atoms. The van der Waals surface area contributed by atoms with Crippen molar-refractivity contribution in [2.75, 3.05) is 9.80 Å². The van der Waals surface area contributed by atoms with Crippen LogP contribution in [0, 0.1) is 6.85 Å². The number of anilines is 6. The van der Waals surface area contributed by atoms with Crippen molar-refractivity contribution in [1.29, 1.82) is 0 Å². The van der Waals surface area contributed by atoms with Gasteiger partial charge in [-0.1, -0.05) is 72.8 Å². The van der Waals surface area contributed by atoms with Crippen LogP contribution in [0.4, 0.5) is 34.1 Å². The van der Waals surface area contributed by atoms with E-state index in [1.807, 2.05) is 48.5 Å². The Morgan fingerprint density at radius 3 is 1.44 bits per heavy atom. The number of hydrogen-bond donors (Lipinski definition) is 0. The predicted molar refractivity (Wildman–Crippen MR) is 145 cm³/mol. The van der Waals surface area contributed by atoms with Crippen LogP contribution >= 0.6 is 0 Å². The normalized spacial score (nSPS) is 14.9.